The SMILES string of the molecule is CS(=O)(=O)N1CCCc2cc(C(=O)NCC3(c4ccccc4)CCC3)ccc21. The molecule has 0 aromatic heterocycles. The summed E-state index contributed by atoms with van der Waals surface area (Å²) < 4.78 is 25.4. The second-order valence-corrected chi connectivity index (χ2v) is 9.87. The fraction of sp³-hybridized carbons (Fsp3) is 0.409. The van der Waals surface area contributed by atoms with Gasteiger partial charge in [0.15, 0.2) is 0 Å². The number of anilines is 1. The van der Waals surface area contributed by atoms with E-state index in [-0.39, 0.29) is 11.3 Å². The lowest BCUT2D eigenvalue weighted by molar-refractivity contribution is 0.0927. The van der Waals surface area contributed by atoms with Gasteiger partial charge >= 0.3 is 0 Å². The molecule has 2 aliphatic rings. The van der Waals surface area contributed by atoms with E-state index in [0.717, 1.165) is 31.2 Å². The third-order valence-corrected chi connectivity index (χ3v) is 7.28. The lowest BCUT2D eigenvalue weighted by Crippen LogP contribution is -2.45. The Labute approximate surface area is 166 Å². The lowest BCUT2D eigenvalue weighted by atomic mass is 9.64. The van der Waals surface area contributed by atoms with Crippen molar-refractivity contribution < 1.29 is 13.2 Å². The maximum Gasteiger partial charge on any atom is 0.251 e. The Hall–Kier alpha value is -2.34. The van der Waals surface area contributed by atoms with Gasteiger partial charge in [0, 0.05) is 24.1 Å². The molecule has 0 atom stereocenters. The number of nitrogens with one attached hydrogen (secondary N) is 1. The van der Waals surface area contributed by atoms with Crippen molar-refractivity contribution >= 4 is 21.6 Å². The highest BCUT2D eigenvalue weighted by molar-refractivity contribution is 7.92. The van der Waals surface area contributed by atoms with Crippen molar-refractivity contribution in [3.8, 4) is 0 Å². The van der Waals surface area contributed by atoms with Gasteiger partial charge in [-0.2, -0.15) is 0 Å². The zero-order chi connectivity index (χ0) is 19.8. The van der Waals surface area contributed by atoms with Crippen LogP contribution in [0.3, 0.4) is 0 Å². The van der Waals surface area contributed by atoms with E-state index in [4.69, 9.17) is 0 Å². The average Bonchev–Trinajstić information content (AvgIpc) is 2.66. The minimum atomic E-state index is -3.30. The Kier molecular flexibility index (Phi) is 4.91. The predicted octanol–water partition coefficient (Wildman–Crippen LogP) is 3.25. The topological polar surface area (TPSA) is 66.5 Å². The molecule has 2 aromatic carbocycles. The van der Waals surface area contributed by atoms with Crippen molar-refractivity contribution in [2.75, 3.05) is 23.7 Å². The monoisotopic (exact) mass is 398 g/mol. The number of amides is 1. The number of rotatable bonds is 5. The van der Waals surface area contributed by atoms with Crippen LogP contribution in [0.1, 0.15) is 47.2 Å². The van der Waals surface area contributed by atoms with E-state index in [9.17, 15) is 13.2 Å². The molecule has 4 rings (SSSR count). The van der Waals surface area contributed by atoms with E-state index in [1.807, 2.05) is 24.3 Å². The highest BCUT2D eigenvalue weighted by Crippen LogP contribution is 2.43. The summed E-state index contributed by atoms with van der Waals surface area (Å²) in [6.07, 6.45) is 6.14. The van der Waals surface area contributed by atoms with Gasteiger partial charge in [0.1, 0.15) is 0 Å². The first-order chi connectivity index (χ1) is 13.4. The molecule has 6 heteroatoms. The maximum absolute atomic E-state index is 12.8. The molecule has 0 spiro atoms. The standard InChI is InChI=1S/C22H26N2O3S/c1-28(26,27)24-14-5-7-17-15-18(10-11-20(17)24)21(25)23-16-22(12-6-13-22)19-8-3-2-4-9-19/h2-4,8-11,15H,5-7,12-14,16H2,1H3,(H,23,25). The molecule has 148 valence electrons. The van der Waals surface area contributed by atoms with Crippen molar-refractivity contribution in [3.05, 3.63) is 65.2 Å². The Morgan fingerprint density at radius 3 is 2.50 bits per heavy atom. The van der Waals surface area contributed by atoms with Gasteiger partial charge in [-0.3, -0.25) is 9.10 Å². The number of sulfonamides is 1. The van der Waals surface area contributed by atoms with Crippen LogP contribution in [0, 0.1) is 0 Å². The molecule has 1 amide bonds. The summed E-state index contributed by atoms with van der Waals surface area (Å²) in [4.78, 5) is 12.8. The normalized spacial score (nSPS) is 18.1. The highest BCUT2D eigenvalue weighted by Gasteiger charge is 2.38. The van der Waals surface area contributed by atoms with Crippen molar-refractivity contribution in [1.29, 1.82) is 0 Å². The number of hydrogen-bond acceptors (Lipinski definition) is 3. The summed E-state index contributed by atoms with van der Waals surface area (Å²) in [5, 5.41) is 3.12. The van der Waals surface area contributed by atoms with Crippen molar-refractivity contribution in [3.63, 3.8) is 0 Å². The molecule has 2 aromatic rings. The van der Waals surface area contributed by atoms with Gasteiger partial charge in [-0.15, -0.1) is 0 Å². The zero-order valence-electron chi connectivity index (χ0n) is 16.1. The van der Waals surface area contributed by atoms with E-state index >= 15 is 0 Å². The molecule has 1 aliphatic carbocycles. The van der Waals surface area contributed by atoms with E-state index < -0.39 is 10.0 Å². The molecular weight excluding hydrogens is 372 g/mol. The quantitative estimate of drug-likeness (QED) is 0.841. The number of fused-ring (bicyclic) bond motifs is 1. The van der Waals surface area contributed by atoms with Gasteiger partial charge in [0.25, 0.3) is 5.91 Å². The van der Waals surface area contributed by atoms with Crippen molar-refractivity contribution in [1.82, 2.24) is 5.32 Å². The number of aryl methyl sites for hydroxylation is 1. The molecule has 1 fully saturated rings. The largest absolute Gasteiger partial charge is 0.351 e. The summed E-state index contributed by atoms with van der Waals surface area (Å²) in [6.45, 7) is 1.12. The van der Waals surface area contributed by atoms with Crippen LogP contribution in [0.15, 0.2) is 48.5 Å². The van der Waals surface area contributed by atoms with Crippen LogP contribution in [0.4, 0.5) is 5.69 Å². The molecular formula is C22H26N2O3S. The smallest absolute Gasteiger partial charge is 0.251 e. The molecule has 1 heterocycles. The predicted molar refractivity (Wildman–Crippen MR) is 111 cm³/mol. The minimum absolute atomic E-state index is 0.0399. The van der Waals surface area contributed by atoms with Crippen molar-refractivity contribution in [2.45, 2.75) is 37.5 Å². The first kappa shape index (κ1) is 19.0. The second-order valence-electron chi connectivity index (χ2n) is 7.96. The van der Waals surface area contributed by atoms with E-state index in [1.54, 1.807) is 12.1 Å². The van der Waals surface area contributed by atoms with E-state index in [1.165, 1.54) is 22.5 Å². The fourth-order valence-electron chi connectivity index (χ4n) is 4.36. The van der Waals surface area contributed by atoms with Gasteiger partial charge in [-0.05, 0) is 55.0 Å². The van der Waals surface area contributed by atoms with Gasteiger partial charge in [0.2, 0.25) is 10.0 Å². The molecule has 5 nitrogen and oxygen atoms in total. The first-order valence-corrected chi connectivity index (χ1v) is 11.7. The Morgan fingerprint density at radius 2 is 1.86 bits per heavy atom. The number of carbonyl (C=O) groups excluding carboxylic acids is 1. The second kappa shape index (κ2) is 7.24. The van der Waals surface area contributed by atoms with E-state index in [2.05, 4.69) is 17.4 Å². The highest BCUT2D eigenvalue weighted by atomic mass is 32.2. The molecule has 28 heavy (non-hydrogen) atoms. The van der Waals surface area contributed by atoms with Gasteiger partial charge < -0.3 is 5.32 Å². The van der Waals surface area contributed by atoms with Crippen LogP contribution >= 0.6 is 0 Å². The van der Waals surface area contributed by atoms with Crippen LogP contribution in [-0.4, -0.2) is 33.7 Å². The summed E-state index contributed by atoms with van der Waals surface area (Å²) >= 11 is 0. The van der Waals surface area contributed by atoms with Crippen LogP contribution in [0.5, 0.6) is 0 Å². The number of nitrogens with zero attached hydrogens (tertiary/aromatic N) is 1. The Balaban J connectivity index is 1.50. The van der Waals surface area contributed by atoms with E-state index in [0.29, 0.717) is 24.3 Å². The summed E-state index contributed by atoms with van der Waals surface area (Å²) in [6, 6.07) is 15.7. The lowest BCUT2D eigenvalue weighted by Gasteiger charge is -2.42. The molecule has 1 saturated carbocycles. The fourth-order valence-corrected chi connectivity index (χ4v) is 5.36. The number of benzene rings is 2. The van der Waals surface area contributed by atoms with Gasteiger partial charge in [0.05, 0.1) is 11.9 Å². The maximum atomic E-state index is 12.8. The minimum Gasteiger partial charge on any atom is -0.351 e. The molecule has 0 saturated heterocycles. The first-order valence-electron chi connectivity index (χ1n) is 9.83. The number of hydrogen-bond donors (Lipinski definition) is 1. The van der Waals surface area contributed by atoms with Crippen LogP contribution in [-0.2, 0) is 21.9 Å². The third kappa shape index (κ3) is 3.53. The van der Waals surface area contributed by atoms with Crippen LogP contribution in [0.2, 0.25) is 0 Å². The molecule has 0 radical (unpaired) electrons. The molecule has 1 aliphatic heterocycles. The summed E-state index contributed by atoms with van der Waals surface area (Å²) in [5.41, 5.74) is 3.54. The van der Waals surface area contributed by atoms with Crippen LogP contribution < -0.4 is 9.62 Å². The zero-order valence-corrected chi connectivity index (χ0v) is 17.0. The molecule has 1 N–H and O–H groups in total. The molecule has 0 unspecified atom stereocenters. The van der Waals surface area contributed by atoms with Crippen molar-refractivity contribution in [2.24, 2.45) is 0 Å². The Morgan fingerprint density at radius 1 is 1.11 bits per heavy atom. The average molecular weight is 399 g/mol. The summed E-state index contributed by atoms with van der Waals surface area (Å²) in [7, 11) is -3.30. The number of carbonyl (C=O) groups is 1. The molecule has 0 bridgehead atoms. The van der Waals surface area contributed by atoms with Gasteiger partial charge in [-0.1, -0.05) is 36.8 Å². The Bertz CT molecular complexity index is 982. The summed E-state index contributed by atoms with van der Waals surface area (Å²) in [5.74, 6) is -0.0958. The van der Waals surface area contributed by atoms with Crippen LogP contribution in [0.25, 0.3) is 0 Å². The third-order valence-electron chi connectivity index (χ3n) is 6.10. The van der Waals surface area contributed by atoms with Gasteiger partial charge in [-0.25, -0.2) is 8.42 Å².